The number of urea groups is 2. The van der Waals surface area contributed by atoms with Crippen LogP contribution in [0.4, 0.5) is 14.0 Å². The van der Waals surface area contributed by atoms with Crippen molar-refractivity contribution in [1.29, 1.82) is 0 Å². The van der Waals surface area contributed by atoms with Crippen LogP contribution in [0.5, 0.6) is 17.2 Å². The zero-order chi connectivity index (χ0) is 30.4. The molecule has 41 heavy (non-hydrogen) atoms. The number of fused-ring (bicyclic) bond motifs is 1. The van der Waals surface area contributed by atoms with Crippen LogP contribution in [0.15, 0.2) is 24.3 Å². The number of imide groups is 1. The largest absolute Gasteiger partial charge is 0.547 e. The van der Waals surface area contributed by atoms with Crippen molar-refractivity contribution < 1.29 is 57.0 Å². The summed E-state index contributed by atoms with van der Waals surface area (Å²) in [7, 11) is -5.87. The minimum atomic E-state index is -3.99. The Morgan fingerprint density at radius 1 is 1.20 bits per heavy atom. The first-order chi connectivity index (χ1) is 19.1. The number of aromatic hydroxyl groups is 2. The number of phenolic OH excluding ortho intramolecular Hbond substituents is 2. The van der Waals surface area contributed by atoms with E-state index in [4.69, 9.17) is 16.3 Å². The number of sulfonamides is 1. The molecular weight excluding hydrogens is 594 g/mol. The van der Waals surface area contributed by atoms with E-state index in [9.17, 15) is 52.3 Å². The Hall–Kier alpha value is -4.29. The molecule has 218 valence electrons. The van der Waals surface area contributed by atoms with Gasteiger partial charge in [0.15, 0.2) is 11.5 Å². The third-order valence-corrected chi connectivity index (χ3v) is 7.87. The highest BCUT2D eigenvalue weighted by Gasteiger charge is 2.42. The van der Waals surface area contributed by atoms with Crippen LogP contribution < -0.4 is 15.3 Å². The molecule has 0 aromatic heterocycles. The van der Waals surface area contributed by atoms with Gasteiger partial charge in [-0.1, -0.05) is 23.7 Å². The monoisotopic (exact) mass is 614 g/mol. The van der Waals surface area contributed by atoms with Crippen LogP contribution in [-0.2, 0) is 21.2 Å². The first-order valence-corrected chi connectivity index (χ1v) is 13.8. The topological polar surface area (TPSA) is 223 Å². The molecule has 0 aliphatic carbocycles. The number of carboxylic acids is 1. The maximum absolute atomic E-state index is 14.1. The smallest absolute Gasteiger partial charge is 0.534 e. The van der Waals surface area contributed by atoms with Crippen LogP contribution in [0.1, 0.15) is 27.5 Å². The van der Waals surface area contributed by atoms with Gasteiger partial charge in [-0.05, 0) is 24.1 Å². The van der Waals surface area contributed by atoms with E-state index in [1.54, 1.807) is 0 Å². The molecule has 19 heteroatoms. The number of aromatic carboxylic acids is 1. The number of hydrogen-bond donors (Lipinski definition) is 6. The molecule has 0 radical (unpaired) electrons. The number of carbonyl (C=O) groups excluding carboxylic acids is 3. The lowest BCUT2D eigenvalue weighted by molar-refractivity contribution is -0.123. The number of hydrogen-bond acceptors (Lipinski definition) is 10. The van der Waals surface area contributed by atoms with E-state index >= 15 is 0 Å². The van der Waals surface area contributed by atoms with E-state index in [2.05, 4.69) is 10.6 Å². The van der Waals surface area contributed by atoms with Crippen molar-refractivity contribution in [2.45, 2.75) is 18.4 Å². The van der Waals surface area contributed by atoms with Gasteiger partial charge < -0.3 is 35.6 Å². The highest BCUT2D eigenvalue weighted by Crippen LogP contribution is 2.38. The molecule has 0 bridgehead atoms. The highest BCUT2D eigenvalue weighted by atomic mass is 35.5. The summed E-state index contributed by atoms with van der Waals surface area (Å²) >= 11 is 6.12. The number of rotatable bonds is 6. The number of amides is 5. The maximum Gasteiger partial charge on any atom is 0.547 e. The van der Waals surface area contributed by atoms with Crippen LogP contribution in [0.2, 0.25) is 5.02 Å². The molecule has 15 nitrogen and oxygen atoms in total. The third kappa shape index (κ3) is 5.66. The van der Waals surface area contributed by atoms with Crippen molar-refractivity contribution >= 4 is 52.7 Å². The molecule has 4 rings (SSSR count). The van der Waals surface area contributed by atoms with Crippen molar-refractivity contribution in [1.82, 2.24) is 19.8 Å². The van der Waals surface area contributed by atoms with Crippen LogP contribution in [-0.4, -0.2) is 94.3 Å². The fraction of sp³-hybridized carbons (Fsp3) is 0.273. The van der Waals surface area contributed by atoms with E-state index in [1.807, 2.05) is 0 Å². The van der Waals surface area contributed by atoms with Crippen LogP contribution >= 0.6 is 11.6 Å². The van der Waals surface area contributed by atoms with Gasteiger partial charge in [0.2, 0.25) is 15.9 Å². The van der Waals surface area contributed by atoms with Crippen molar-refractivity contribution in [3.63, 3.8) is 0 Å². The molecule has 0 saturated carbocycles. The first kappa shape index (κ1) is 29.7. The van der Waals surface area contributed by atoms with Gasteiger partial charge in [0.1, 0.15) is 23.2 Å². The Morgan fingerprint density at radius 2 is 1.88 bits per heavy atom. The molecule has 2 aliphatic heterocycles. The van der Waals surface area contributed by atoms with Gasteiger partial charge in [-0.2, -0.15) is 0 Å². The zero-order valence-corrected chi connectivity index (χ0v) is 22.4. The van der Waals surface area contributed by atoms with Gasteiger partial charge in [-0.25, -0.2) is 36.4 Å². The number of nitrogens with zero attached hydrogens (tertiary/aromatic N) is 2. The van der Waals surface area contributed by atoms with E-state index in [0.717, 1.165) is 24.5 Å². The molecule has 2 aliphatic rings. The average Bonchev–Trinajstić information content (AvgIpc) is 3.28. The summed E-state index contributed by atoms with van der Waals surface area (Å²) in [5.74, 6) is -7.04. The molecule has 6 N–H and O–H groups in total. The Balaban J connectivity index is 1.63. The van der Waals surface area contributed by atoms with Crippen molar-refractivity contribution in [2.75, 3.05) is 19.3 Å². The minimum Gasteiger partial charge on any atom is -0.534 e. The van der Waals surface area contributed by atoms with Gasteiger partial charge in [0, 0.05) is 5.56 Å². The molecule has 2 aromatic rings. The summed E-state index contributed by atoms with van der Waals surface area (Å²) in [5.41, 5.74) is -0.952. The second-order valence-electron chi connectivity index (χ2n) is 9.03. The fourth-order valence-corrected chi connectivity index (χ4v) is 5.38. The number of nitrogens with one attached hydrogen (secondary N) is 2. The number of carboxylic acid groups (broad SMARTS) is 1. The summed E-state index contributed by atoms with van der Waals surface area (Å²) < 4.78 is 43.3. The van der Waals surface area contributed by atoms with Gasteiger partial charge in [0.05, 0.1) is 30.3 Å². The SMILES string of the molecule is CS(=O)(=O)N1CCN(C(=O)NC(C(=O)N[C@H]2Cc3ccc(F)c(C(=O)O)c3OB2O)c2ccc(O)c(O)c2Cl)C1=O. The lowest BCUT2D eigenvalue weighted by Gasteiger charge is -2.30. The van der Waals surface area contributed by atoms with Gasteiger partial charge in [-0.15, -0.1) is 0 Å². The van der Waals surface area contributed by atoms with E-state index < -0.39 is 86.7 Å². The first-order valence-electron chi connectivity index (χ1n) is 11.6. The van der Waals surface area contributed by atoms with Gasteiger partial charge in [-0.3, -0.25) is 4.79 Å². The van der Waals surface area contributed by atoms with Gasteiger partial charge in [0.25, 0.3) is 0 Å². The second kappa shape index (κ2) is 10.9. The third-order valence-electron chi connectivity index (χ3n) is 6.33. The number of benzene rings is 2. The molecule has 2 atom stereocenters. The summed E-state index contributed by atoms with van der Waals surface area (Å²) in [6.07, 6.45) is 0.525. The molecule has 5 amide bonds. The highest BCUT2D eigenvalue weighted by molar-refractivity contribution is 7.88. The normalized spacial score (nSPS) is 17.5. The van der Waals surface area contributed by atoms with Crippen molar-refractivity contribution in [3.05, 3.63) is 51.8 Å². The van der Waals surface area contributed by atoms with Crippen LogP contribution in [0, 0.1) is 5.82 Å². The summed E-state index contributed by atoms with van der Waals surface area (Å²) in [5, 5.41) is 43.7. The minimum absolute atomic E-state index is 0.129. The molecule has 1 fully saturated rings. The molecule has 1 unspecified atom stereocenters. The Morgan fingerprint density at radius 3 is 2.49 bits per heavy atom. The average molecular weight is 615 g/mol. The Bertz CT molecular complexity index is 1580. The van der Waals surface area contributed by atoms with E-state index in [1.165, 1.54) is 6.07 Å². The maximum atomic E-state index is 14.1. The van der Waals surface area contributed by atoms with E-state index in [0.29, 0.717) is 9.21 Å². The van der Waals surface area contributed by atoms with Gasteiger partial charge >= 0.3 is 25.1 Å². The summed E-state index contributed by atoms with van der Waals surface area (Å²) in [4.78, 5) is 51.0. The zero-order valence-electron chi connectivity index (χ0n) is 20.9. The molecule has 0 spiro atoms. The standard InChI is InChI=1S/C22H21BClFN4O11S/c1-41(38,39)29-7-6-28(22(29)36)21(35)27-16(10-3-5-12(30)17(31)15(10)24)19(32)26-13-8-9-2-4-11(25)14(20(33)34)18(9)40-23(13)37/h2-5,13,16,30-31,37H,6-8H2,1H3,(H,26,32)(H,27,35)(H,33,34)/t13-,16?/m0/s1. The molecule has 2 heterocycles. The Kier molecular flexibility index (Phi) is 7.92. The quantitative estimate of drug-likeness (QED) is 0.190. The molecule has 2 aromatic carbocycles. The molecule has 1 saturated heterocycles. The predicted molar refractivity (Wildman–Crippen MR) is 137 cm³/mol. The lowest BCUT2D eigenvalue weighted by Crippen LogP contribution is -2.56. The van der Waals surface area contributed by atoms with E-state index in [-0.39, 0.29) is 30.6 Å². The lowest BCUT2D eigenvalue weighted by atomic mass is 9.72. The van der Waals surface area contributed by atoms with Crippen molar-refractivity contribution in [2.24, 2.45) is 0 Å². The summed E-state index contributed by atoms with van der Waals surface area (Å²) in [6.45, 7) is -0.693. The summed E-state index contributed by atoms with van der Waals surface area (Å²) in [6, 6.07) is -0.0681. The van der Waals surface area contributed by atoms with Crippen LogP contribution in [0.3, 0.4) is 0 Å². The Labute approximate surface area is 236 Å². The van der Waals surface area contributed by atoms with Crippen LogP contribution in [0.25, 0.3) is 0 Å². The second-order valence-corrected chi connectivity index (χ2v) is 11.3. The number of halogens is 2. The molecular formula is C22H21BClFN4O11S. The number of phenols is 2. The fourth-order valence-electron chi connectivity index (χ4n) is 4.32. The van der Waals surface area contributed by atoms with Crippen molar-refractivity contribution in [3.8, 4) is 17.2 Å². The predicted octanol–water partition coefficient (Wildman–Crippen LogP) is 0.176. The number of carbonyl (C=O) groups is 4.